The number of carbonyl (C=O) groups is 4. The first-order valence-corrected chi connectivity index (χ1v) is 15.5. The molecule has 0 aromatic heterocycles. The Balaban J connectivity index is 1.51. The van der Waals surface area contributed by atoms with E-state index in [9.17, 15) is 49.8 Å². The van der Waals surface area contributed by atoms with Crippen LogP contribution >= 0.6 is 0 Å². The molecular weight excluding hydrogens is 600 g/mol. The second-order valence-corrected chi connectivity index (χ2v) is 11.4. The molecule has 2 heterocycles. The van der Waals surface area contributed by atoms with Gasteiger partial charge in [0.25, 0.3) is 0 Å². The maximum atomic E-state index is 12.3. The number of ether oxygens (including phenoxy) is 4. The van der Waals surface area contributed by atoms with Gasteiger partial charge in [0, 0.05) is 32.6 Å². The highest BCUT2D eigenvalue weighted by atomic mass is 16.7. The fraction of sp³-hybridized carbons (Fsp3) is 0.862. The molecule has 10 atom stereocenters. The molecule has 10 unspecified atom stereocenters. The summed E-state index contributed by atoms with van der Waals surface area (Å²) >= 11 is 0. The van der Waals surface area contributed by atoms with Gasteiger partial charge >= 0.3 is 0 Å². The lowest BCUT2D eigenvalue weighted by Gasteiger charge is -2.39. The minimum Gasteiger partial charge on any atom is -0.394 e. The van der Waals surface area contributed by atoms with E-state index in [0.717, 1.165) is 0 Å². The van der Waals surface area contributed by atoms with Gasteiger partial charge in [0.15, 0.2) is 24.1 Å². The van der Waals surface area contributed by atoms with E-state index in [2.05, 4.69) is 10.6 Å². The number of rotatable bonds is 20. The van der Waals surface area contributed by atoms with Crippen LogP contribution in [-0.4, -0.2) is 142 Å². The van der Waals surface area contributed by atoms with Gasteiger partial charge in [-0.2, -0.15) is 0 Å². The number of unbranched alkanes of at least 4 members (excludes halogenated alkanes) is 3. The Bertz CT molecular complexity index is 937. The number of amides is 2. The third kappa shape index (κ3) is 12.9. The topological polar surface area (TPSA) is 251 Å². The van der Waals surface area contributed by atoms with Crippen LogP contribution in [0.15, 0.2) is 0 Å². The van der Waals surface area contributed by atoms with Crippen LogP contribution < -0.4 is 10.6 Å². The summed E-state index contributed by atoms with van der Waals surface area (Å²) in [5, 5.41) is 63.9. The number of aliphatic hydroxyl groups excluding tert-OH is 6. The third-order valence-corrected chi connectivity index (χ3v) is 7.71. The molecule has 16 nitrogen and oxygen atoms in total. The number of carbonyl (C=O) groups excluding carboxylic acids is 4. The molecule has 0 bridgehead atoms. The molecule has 0 saturated carbocycles. The van der Waals surface area contributed by atoms with Crippen LogP contribution in [0.4, 0.5) is 0 Å². The first-order chi connectivity index (χ1) is 21.4. The van der Waals surface area contributed by atoms with Crippen LogP contribution in [0.1, 0.15) is 71.6 Å². The summed E-state index contributed by atoms with van der Waals surface area (Å²) in [6.45, 7) is 2.99. The van der Waals surface area contributed by atoms with Crippen molar-refractivity contribution in [2.75, 3.05) is 26.4 Å². The van der Waals surface area contributed by atoms with Crippen molar-refractivity contribution < 1.29 is 68.8 Å². The van der Waals surface area contributed by atoms with Gasteiger partial charge < -0.3 is 60.2 Å². The largest absolute Gasteiger partial charge is 0.394 e. The highest BCUT2D eigenvalue weighted by Crippen LogP contribution is 2.22. The van der Waals surface area contributed by atoms with Crippen LogP contribution in [0, 0.1) is 0 Å². The molecule has 2 aliphatic heterocycles. The van der Waals surface area contributed by atoms with Crippen molar-refractivity contribution in [2.45, 2.75) is 133 Å². The average molecular weight is 651 g/mol. The fourth-order valence-electron chi connectivity index (χ4n) is 4.86. The maximum absolute atomic E-state index is 12.3. The zero-order valence-electron chi connectivity index (χ0n) is 25.9. The Labute approximate surface area is 262 Å². The van der Waals surface area contributed by atoms with Gasteiger partial charge in [-0.15, -0.1) is 0 Å². The SMILES string of the molecule is CC(=O)C(CCCCNC(=O)CCCCOC1OC(C)C(=O)C(O)C1O)NC(=O)CCCCOC1OC(CO)C(O)C(O)C1O. The number of hydrogen-bond acceptors (Lipinski definition) is 14. The van der Waals surface area contributed by atoms with E-state index in [1.165, 1.54) is 13.8 Å². The van der Waals surface area contributed by atoms with E-state index >= 15 is 0 Å². The Hall–Kier alpha value is -2.12. The monoisotopic (exact) mass is 650 g/mol. The predicted octanol–water partition coefficient (Wildman–Crippen LogP) is -2.44. The Morgan fingerprint density at radius 3 is 2.00 bits per heavy atom. The minimum atomic E-state index is -1.56. The van der Waals surface area contributed by atoms with Crippen LogP contribution in [0.5, 0.6) is 0 Å². The molecule has 0 aromatic rings. The molecule has 0 aromatic carbocycles. The smallest absolute Gasteiger partial charge is 0.220 e. The average Bonchev–Trinajstić information content (AvgIpc) is 3.00. The van der Waals surface area contributed by atoms with E-state index in [4.69, 9.17) is 18.9 Å². The van der Waals surface area contributed by atoms with Crippen molar-refractivity contribution in [1.29, 1.82) is 0 Å². The second-order valence-electron chi connectivity index (χ2n) is 11.4. The number of nitrogens with one attached hydrogen (secondary N) is 2. The zero-order valence-corrected chi connectivity index (χ0v) is 25.9. The number of aliphatic hydroxyl groups is 6. The Kier molecular flexibility index (Phi) is 17.5. The summed E-state index contributed by atoms with van der Waals surface area (Å²) in [6.07, 6.45) is -7.90. The van der Waals surface area contributed by atoms with Gasteiger partial charge in [0.2, 0.25) is 11.8 Å². The Morgan fingerprint density at radius 2 is 1.40 bits per heavy atom. The Morgan fingerprint density at radius 1 is 0.800 bits per heavy atom. The standard InChI is InChI=1S/C29H50N2O14/c1-16(33)18(31-21(35)11-5-8-14-43-29-27(41)25(39)23(37)19(15-32)45-29)9-3-6-12-30-20(34)10-4-7-13-42-28-26(40)24(38)22(36)17(2)44-28/h17-19,23-29,32,37-41H,3-15H2,1-2H3,(H,30,34)(H,31,35). The van der Waals surface area contributed by atoms with E-state index in [0.29, 0.717) is 51.5 Å². The zero-order chi connectivity index (χ0) is 33.5. The van der Waals surface area contributed by atoms with Gasteiger partial charge in [0.05, 0.1) is 12.6 Å². The molecule has 2 rings (SSSR count). The van der Waals surface area contributed by atoms with Crippen molar-refractivity contribution in [3.8, 4) is 0 Å². The second kappa shape index (κ2) is 20.2. The molecule has 260 valence electrons. The van der Waals surface area contributed by atoms with Crippen molar-refractivity contribution in [3.05, 3.63) is 0 Å². The van der Waals surface area contributed by atoms with Crippen LogP contribution in [0.2, 0.25) is 0 Å². The van der Waals surface area contributed by atoms with E-state index in [1.807, 2.05) is 0 Å². The molecule has 16 heteroatoms. The number of ketones is 2. The molecule has 0 spiro atoms. The minimum absolute atomic E-state index is 0.0959. The summed E-state index contributed by atoms with van der Waals surface area (Å²) in [5.41, 5.74) is 0. The summed E-state index contributed by atoms with van der Waals surface area (Å²) < 4.78 is 21.3. The van der Waals surface area contributed by atoms with Crippen LogP contribution in [0.3, 0.4) is 0 Å². The maximum Gasteiger partial charge on any atom is 0.220 e. The third-order valence-electron chi connectivity index (χ3n) is 7.71. The molecule has 0 radical (unpaired) electrons. The normalized spacial score (nSPS) is 30.9. The van der Waals surface area contributed by atoms with Crippen molar-refractivity contribution in [3.63, 3.8) is 0 Å². The summed E-state index contributed by atoms with van der Waals surface area (Å²) in [4.78, 5) is 48.0. The van der Waals surface area contributed by atoms with Gasteiger partial charge in [-0.3, -0.25) is 19.2 Å². The van der Waals surface area contributed by atoms with Gasteiger partial charge in [-0.05, 0) is 58.8 Å². The first kappa shape index (κ1) is 39.1. The van der Waals surface area contributed by atoms with Gasteiger partial charge in [-0.25, -0.2) is 0 Å². The number of Topliss-reactive ketones (excluding diaryl/α,β-unsaturated/α-hetero) is 2. The predicted molar refractivity (Wildman–Crippen MR) is 154 cm³/mol. The lowest BCUT2D eigenvalue weighted by Crippen LogP contribution is -2.59. The quantitative estimate of drug-likeness (QED) is 0.0638. The highest BCUT2D eigenvalue weighted by molar-refractivity contribution is 5.88. The van der Waals surface area contributed by atoms with Crippen LogP contribution in [0.25, 0.3) is 0 Å². The first-order valence-electron chi connectivity index (χ1n) is 15.5. The van der Waals surface area contributed by atoms with Crippen LogP contribution in [-0.2, 0) is 38.1 Å². The lowest BCUT2D eigenvalue weighted by molar-refractivity contribution is -0.301. The van der Waals surface area contributed by atoms with Crippen molar-refractivity contribution >= 4 is 23.4 Å². The number of hydrogen-bond donors (Lipinski definition) is 8. The van der Waals surface area contributed by atoms with E-state index < -0.39 is 73.7 Å². The van der Waals surface area contributed by atoms with E-state index in [-0.39, 0.29) is 43.7 Å². The lowest BCUT2D eigenvalue weighted by atomic mass is 9.99. The summed E-state index contributed by atoms with van der Waals surface area (Å²) in [5.74, 6) is -1.23. The van der Waals surface area contributed by atoms with Gasteiger partial charge in [-0.1, -0.05) is 0 Å². The molecule has 8 N–H and O–H groups in total. The molecule has 2 aliphatic rings. The highest BCUT2D eigenvalue weighted by Gasteiger charge is 2.44. The van der Waals surface area contributed by atoms with E-state index in [1.54, 1.807) is 0 Å². The van der Waals surface area contributed by atoms with Gasteiger partial charge in [0.1, 0.15) is 42.7 Å². The molecule has 2 amide bonds. The van der Waals surface area contributed by atoms with Crippen molar-refractivity contribution in [2.24, 2.45) is 0 Å². The molecule has 0 aliphatic carbocycles. The summed E-state index contributed by atoms with van der Waals surface area (Å²) in [6, 6.07) is -0.646. The molecular formula is C29H50N2O14. The molecule has 2 saturated heterocycles. The molecule has 2 fully saturated rings. The van der Waals surface area contributed by atoms with Crippen molar-refractivity contribution in [1.82, 2.24) is 10.6 Å². The fourth-order valence-corrected chi connectivity index (χ4v) is 4.86. The summed E-state index contributed by atoms with van der Waals surface area (Å²) in [7, 11) is 0. The molecule has 45 heavy (non-hydrogen) atoms.